The average molecular weight is 806 g/mol. The molecule has 0 saturated carbocycles. The summed E-state index contributed by atoms with van der Waals surface area (Å²) in [4.78, 5) is 34.9. The van der Waals surface area contributed by atoms with E-state index in [0.717, 1.165) is 70.6 Å². The van der Waals surface area contributed by atoms with E-state index in [2.05, 4.69) is 80.7 Å². The average Bonchev–Trinajstić information content (AvgIpc) is 3.94. The zero-order valence-electron chi connectivity index (χ0n) is 34.8. The van der Waals surface area contributed by atoms with Crippen LogP contribution in [0.5, 0.6) is 0 Å². The van der Waals surface area contributed by atoms with Crippen LogP contribution in [-0.4, -0.2) is 61.5 Å². The summed E-state index contributed by atoms with van der Waals surface area (Å²) in [6, 6.07) is 0. The highest BCUT2D eigenvalue weighted by atomic mass is 31.2. The molecule has 1 heterocycles. The lowest BCUT2D eigenvalue weighted by atomic mass is 10.1. The molecule has 0 spiro atoms. The van der Waals surface area contributed by atoms with Crippen LogP contribution in [0.25, 0.3) is 0 Å². The van der Waals surface area contributed by atoms with E-state index >= 15 is 0 Å². The third kappa shape index (κ3) is 33.5. The fourth-order valence-electron chi connectivity index (χ4n) is 5.61. The number of carbonyl (C=O) groups is 2. The molecule has 1 aliphatic heterocycles. The SMILES string of the molecule is CCCCC/C=C\C/C=C\C/C=C\CCCCCCC(=O)O[C@H](COC(=O)CCC/C=C\C/C=C\CC1OC1C/C=C\CCCCC)COP(=O)(O)OCCN. The van der Waals surface area contributed by atoms with Crippen molar-refractivity contribution in [3.63, 3.8) is 0 Å². The van der Waals surface area contributed by atoms with Crippen molar-refractivity contribution < 1.29 is 42.3 Å². The Morgan fingerprint density at radius 2 is 1.11 bits per heavy atom. The van der Waals surface area contributed by atoms with Gasteiger partial charge in [0.25, 0.3) is 0 Å². The maximum atomic E-state index is 12.6. The Balaban J connectivity index is 2.25. The first-order chi connectivity index (χ1) is 27.3. The fraction of sp³-hybridized carbons (Fsp3) is 0.689. The molecule has 1 rings (SSSR count). The Hall–Kier alpha value is -2.59. The molecule has 10 nitrogen and oxygen atoms in total. The molecule has 0 aliphatic carbocycles. The highest BCUT2D eigenvalue weighted by Gasteiger charge is 2.36. The molecular formula is C45H76NO9P. The van der Waals surface area contributed by atoms with Crippen molar-refractivity contribution in [2.75, 3.05) is 26.4 Å². The molecule has 3 N–H and O–H groups in total. The number of rotatable bonds is 38. The summed E-state index contributed by atoms with van der Waals surface area (Å²) < 4.78 is 38.4. The van der Waals surface area contributed by atoms with E-state index in [1.165, 1.54) is 44.9 Å². The lowest BCUT2D eigenvalue weighted by molar-refractivity contribution is -0.161. The van der Waals surface area contributed by atoms with Gasteiger partial charge in [0.1, 0.15) is 6.61 Å². The first kappa shape index (κ1) is 51.4. The topological polar surface area (TPSA) is 147 Å². The molecule has 1 aliphatic rings. The van der Waals surface area contributed by atoms with E-state index < -0.39 is 32.5 Å². The predicted molar refractivity (Wildman–Crippen MR) is 228 cm³/mol. The summed E-state index contributed by atoms with van der Waals surface area (Å²) in [5.41, 5.74) is 5.34. The molecule has 56 heavy (non-hydrogen) atoms. The minimum absolute atomic E-state index is 0.0363. The molecular weight excluding hydrogens is 729 g/mol. The summed E-state index contributed by atoms with van der Waals surface area (Å²) in [6.07, 6.45) is 46.8. The van der Waals surface area contributed by atoms with Crippen molar-refractivity contribution in [1.82, 2.24) is 0 Å². The van der Waals surface area contributed by atoms with Crippen molar-refractivity contribution in [1.29, 1.82) is 0 Å². The van der Waals surface area contributed by atoms with E-state index in [-0.39, 0.29) is 32.6 Å². The number of hydrogen-bond donors (Lipinski definition) is 2. The number of allylic oxidation sites excluding steroid dienone is 10. The lowest BCUT2D eigenvalue weighted by Gasteiger charge is -2.19. The van der Waals surface area contributed by atoms with Gasteiger partial charge < -0.3 is 24.8 Å². The zero-order valence-corrected chi connectivity index (χ0v) is 35.7. The van der Waals surface area contributed by atoms with Crippen LogP contribution in [0.15, 0.2) is 72.9 Å². The maximum absolute atomic E-state index is 12.6. The van der Waals surface area contributed by atoms with Gasteiger partial charge in [0.05, 0.1) is 25.4 Å². The van der Waals surface area contributed by atoms with Crippen LogP contribution in [-0.2, 0) is 37.4 Å². The summed E-state index contributed by atoms with van der Waals surface area (Å²) >= 11 is 0. The summed E-state index contributed by atoms with van der Waals surface area (Å²) in [6.45, 7) is 3.55. The Morgan fingerprint density at radius 1 is 0.625 bits per heavy atom. The quantitative estimate of drug-likeness (QED) is 0.0203. The van der Waals surface area contributed by atoms with Crippen LogP contribution in [0.1, 0.15) is 155 Å². The summed E-state index contributed by atoms with van der Waals surface area (Å²) in [7, 11) is -4.40. The van der Waals surface area contributed by atoms with Gasteiger partial charge in [-0.3, -0.25) is 18.6 Å². The lowest BCUT2D eigenvalue weighted by Crippen LogP contribution is -2.29. The third-order valence-electron chi connectivity index (χ3n) is 8.97. The van der Waals surface area contributed by atoms with E-state index in [9.17, 15) is 19.0 Å². The molecule has 0 amide bonds. The van der Waals surface area contributed by atoms with Gasteiger partial charge in [-0.15, -0.1) is 0 Å². The van der Waals surface area contributed by atoms with Gasteiger partial charge in [-0.05, 0) is 89.9 Å². The first-order valence-electron chi connectivity index (χ1n) is 21.5. The number of phosphoric ester groups is 1. The molecule has 0 aromatic carbocycles. The Kier molecular flexibility index (Phi) is 33.7. The second kappa shape index (κ2) is 36.7. The second-order valence-electron chi connectivity index (χ2n) is 14.2. The van der Waals surface area contributed by atoms with Crippen molar-refractivity contribution in [2.45, 2.75) is 173 Å². The number of unbranched alkanes of at least 4 members (excludes halogenated alkanes) is 11. The second-order valence-corrected chi connectivity index (χ2v) is 15.7. The van der Waals surface area contributed by atoms with Crippen molar-refractivity contribution in [2.24, 2.45) is 5.73 Å². The van der Waals surface area contributed by atoms with Crippen LogP contribution < -0.4 is 5.73 Å². The van der Waals surface area contributed by atoms with Gasteiger partial charge >= 0.3 is 19.8 Å². The minimum atomic E-state index is -4.40. The molecule has 0 bridgehead atoms. The van der Waals surface area contributed by atoms with Crippen molar-refractivity contribution in [3.05, 3.63) is 72.9 Å². The van der Waals surface area contributed by atoms with Gasteiger partial charge in [0.15, 0.2) is 6.10 Å². The molecule has 0 aromatic rings. The number of hydrogen-bond acceptors (Lipinski definition) is 9. The number of esters is 2. The van der Waals surface area contributed by atoms with Gasteiger partial charge in [-0.25, -0.2) is 4.57 Å². The monoisotopic (exact) mass is 806 g/mol. The fourth-order valence-corrected chi connectivity index (χ4v) is 6.38. The van der Waals surface area contributed by atoms with Crippen molar-refractivity contribution in [3.8, 4) is 0 Å². The highest BCUT2D eigenvalue weighted by Crippen LogP contribution is 2.43. The van der Waals surface area contributed by atoms with E-state index in [4.69, 9.17) is 29.0 Å². The van der Waals surface area contributed by atoms with Crippen LogP contribution in [0.3, 0.4) is 0 Å². The number of epoxide rings is 1. The van der Waals surface area contributed by atoms with E-state index in [1.54, 1.807) is 0 Å². The smallest absolute Gasteiger partial charge is 0.462 e. The Bertz CT molecular complexity index is 1210. The molecule has 1 fully saturated rings. The molecule has 4 atom stereocenters. The number of phosphoric acid groups is 1. The molecule has 1 saturated heterocycles. The molecule has 0 radical (unpaired) electrons. The van der Waals surface area contributed by atoms with Crippen molar-refractivity contribution >= 4 is 19.8 Å². The number of ether oxygens (including phenoxy) is 3. The zero-order chi connectivity index (χ0) is 40.8. The molecule has 11 heteroatoms. The van der Waals surface area contributed by atoms with Gasteiger partial charge in [-0.2, -0.15) is 0 Å². The first-order valence-corrected chi connectivity index (χ1v) is 23.0. The normalized spacial score (nSPS) is 17.6. The minimum Gasteiger partial charge on any atom is -0.462 e. The van der Waals surface area contributed by atoms with E-state index in [0.29, 0.717) is 25.0 Å². The standard InChI is InChI=1S/C45H76NO9P/c1-3-5-7-9-11-12-13-14-15-16-17-18-19-20-23-28-32-36-45(48)54-41(40-53-56(49,50)52-38-37-46)39-51-44(47)35-31-27-24-21-22-26-30-34-43-42(55-43)33-29-25-10-8-6-4-2/h11-12,14-15,17-18,21,24-26,29-30,41-43H,3-10,13,16,19-20,22-23,27-28,31-40,46H2,1-2H3,(H,49,50)/b12-11-,15-14-,18-17-,24-21-,29-25-,30-26-/t41-,42?,43?/m1/s1. The van der Waals surface area contributed by atoms with Crippen LogP contribution in [0.4, 0.5) is 0 Å². The Labute approximate surface area is 339 Å². The third-order valence-corrected chi connectivity index (χ3v) is 9.95. The van der Waals surface area contributed by atoms with Crippen LogP contribution in [0.2, 0.25) is 0 Å². The summed E-state index contributed by atoms with van der Waals surface area (Å²) in [5, 5.41) is 0. The molecule has 0 aromatic heterocycles. The number of carbonyl (C=O) groups excluding carboxylic acids is 2. The van der Waals surface area contributed by atoms with E-state index in [1.807, 2.05) is 6.08 Å². The van der Waals surface area contributed by atoms with Gasteiger partial charge in [0, 0.05) is 19.4 Å². The highest BCUT2D eigenvalue weighted by molar-refractivity contribution is 7.47. The summed E-state index contributed by atoms with van der Waals surface area (Å²) in [5.74, 6) is -0.933. The van der Waals surface area contributed by atoms with Crippen LogP contribution in [0, 0.1) is 0 Å². The number of nitrogens with two attached hydrogens (primary N) is 1. The molecule has 320 valence electrons. The molecule has 3 unspecified atom stereocenters. The maximum Gasteiger partial charge on any atom is 0.472 e. The van der Waals surface area contributed by atoms with Gasteiger partial charge in [-0.1, -0.05) is 125 Å². The van der Waals surface area contributed by atoms with Gasteiger partial charge in [0.2, 0.25) is 0 Å². The van der Waals surface area contributed by atoms with Crippen LogP contribution >= 0.6 is 7.82 Å². The predicted octanol–water partition coefficient (Wildman–Crippen LogP) is 11.3. The Morgan fingerprint density at radius 3 is 1.70 bits per heavy atom. The largest absolute Gasteiger partial charge is 0.472 e.